The van der Waals surface area contributed by atoms with E-state index in [4.69, 9.17) is 4.74 Å². The zero-order chi connectivity index (χ0) is 14.5. The van der Waals surface area contributed by atoms with Crippen molar-refractivity contribution in [2.24, 2.45) is 0 Å². The summed E-state index contributed by atoms with van der Waals surface area (Å²) in [6.45, 7) is 3.85. The van der Waals surface area contributed by atoms with E-state index in [1.165, 1.54) is 36.8 Å². The fraction of sp³-hybridized carbons (Fsp3) is 0.471. The number of nitrogens with zero attached hydrogens (tertiary/aromatic N) is 1. The normalized spacial score (nSPS) is 17.5. The maximum Gasteiger partial charge on any atom is 0.140 e. The van der Waals surface area contributed by atoms with Crippen molar-refractivity contribution in [3.63, 3.8) is 0 Å². The van der Waals surface area contributed by atoms with Gasteiger partial charge in [0.1, 0.15) is 17.4 Å². The van der Waals surface area contributed by atoms with Crippen molar-refractivity contribution >= 4 is 11.3 Å². The molecule has 3 nitrogen and oxygen atoms in total. The van der Waals surface area contributed by atoms with Crippen LogP contribution in [-0.2, 0) is 13.0 Å². The maximum atomic E-state index is 5.89. The number of hydrogen-bond acceptors (Lipinski definition) is 4. The lowest BCUT2D eigenvalue weighted by molar-refractivity contribution is 0.304. The van der Waals surface area contributed by atoms with E-state index in [2.05, 4.69) is 35.4 Å². The Kier molecular flexibility index (Phi) is 4.88. The maximum absolute atomic E-state index is 5.89. The predicted molar refractivity (Wildman–Crippen MR) is 86.9 cm³/mol. The van der Waals surface area contributed by atoms with Crippen LogP contribution in [0.2, 0.25) is 0 Å². The third kappa shape index (κ3) is 3.63. The number of ether oxygens (including phenoxy) is 1. The summed E-state index contributed by atoms with van der Waals surface area (Å²) < 4.78 is 5.89. The number of thiazole rings is 1. The lowest BCUT2D eigenvalue weighted by Crippen LogP contribution is -2.25. The fourth-order valence-corrected chi connectivity index (χ4v) is 3.39. The summed E-state index contributed by atoms with van der Waals surface area (Å²) in [5, 5.41) is 6.66. The van der Waals surface area contributed by atoms with Gasteiger partial charge in [-0.1, -0.05) is 13.0 Å². The molecule has 0 saturated heterocycles. The number of hydrogen-bond donors (Lipinski definition) is 1. The molecule has 0 amide bonds. The Bertz CT molecular complexity index is 568. The molecule has 0 saturated carbocycles. The van der Waals surface area contributed by atoms with E-state index in [-0.39, 0.29) is 0 Å². The van der Waals surface area contributed by atoms with Crippen molar-refractivity contribution in [1.29, 1.82) is 0 Å². The molecule has 21 heavy (non-hydrogen) atoms. The van der Waals surface area contributed by atoms with Crippen molar-refractivity contribution in [3.8, 4) is 5.75 Å². The average Bonchev–Trinajstić information content (AvgIpc) is 3.04. The molecule has 1 aliphatic rings. The first-order valence-electron chi connectivity index (χ1n) is 7.74. The summed E-state index contributed by atoms with van der Waals surface area (Å²) in [7, 11) is 0. The highest BCUT2D eigenvalue weighted by Crippen LogP contribution is 2.32. The first-order chi connectivity index (χ1) is 10.4. The number of fused-ring (bicyclic) bond motifs is 1. The van der Waals surface area contributed by atoms with Crippen molar-refractivity contribution in [2.75, 3.05) is 6.54 Å². The second-order valence-corrected chi connectivity index (χ2v) is 6.45. The molecule has 1 atom stereocenters. The molecule has 1 unspecified atom stereocenters. The molecule has 3 rings (SSSR count). The minimum Gasteiger partial charge on any atom is -0.486 e. The number of aryl methyl sites for hydroxylation is 1. The van der Waals surface area contributed by atoms with Gasteiger partial charge < -0.3 is 10.1 Å². The van der Waals surface area contributed by atoms with E-state index in [0.29, 0.717) is 12.6 Å². The highest BCUT2D eigenvalue weighted by Gasteiger charge is 2.20. The molecule has 1 heterocycles. The largest absolute Gasteiger partial charge is 0.486 e. The van der Waals surface area contributed by atoms with Crippen LogP contribution in [0, 0.1) is 0 Å². The predicted octanol–water partition coefficient (Wildman–Crippen LogP) is 4.10. The van der Waals surface area contributed by atoms with Crippen LogP contribution in [-0.4, -0.2) is 11.5 Å². The Balaban J connectivity index is 1.72. The van der Waals surface area contributed by atoms with Crippen molar-refractivity contribution in [1.82, 2.24) is 10.3 Å². The topological polar surface area (TPSA) is 34.1 Å². The van der Waals surface area contributed by atoms with Gasteiger partial charge in [0.2, 0.25) is 0 Å². The Morgan fingerprint density at radius 1 is 1.43 bits per heavy atom. The Labute approximate surface area is 130 Å². The number of benzene rings is 1. The molecule has 0 aliphatic heterocycles. The zero-order valence-corrected chi connectivity index (χ0v) is 13.3. The van der Waals surface area contributed by atoms with Gasteiger partial charge in [0.25, 0.3) is 0 Å². The van der Waals surface area contributed by atoms with Gasteiger partial charge in [0.05, 0.1) is 0 Å². The number of aromatic nitrogens is 1. The minimum absolute atomic E-state index is 0.483. The number of rotatable bonds is 6. The smallest absolute Gasteiger partial charge is 0.140 e. The van der Waals surface area contributed by atoms with Gasteiger partial charge in [-0.05, 0) is 55.5 Å². The third-order valence-corrected chi connectivity index (χ3v) is 4.67. The summed E-state index contributed by atoms with van der Waals surface area (Å²) in [5.41, 5.74) is 2.89. The molecule has 4 heteroatoms. The van der Waals surface area contributed by atoms with E-state index in [1.54, 1.807) is 11.3 Å². The molecule has 1 N–H and O–H groups in total. The van der Waals surface area contributed by atoms with E-state index >= 15 is 0 Å². The van der Waals surface area contributed by atoms with Crippen LogP contribution in [0.4, 0.5) is 0 Å². The Hall–Kier alpha value is -1.39. The first-order valence-corrected chi connectivity index (χ1v) is 8.62. The zero-order valence-electron chi connectivity index (χ0n) is 12.5. The molecular formula is C17H22N2OS. The SMILES string of the molecule is CCCNC1CCCc2ccc(OCc3nccs3)cc21. The van der Waals surface area contributed by atoms with Crippen LogP contribution in [0.1, 0.15) is 48.4 Å². The van der Waals surface area contributed by atoms with Crippen LogP contribution in [0.15, 0.2) is 29.8 Å². The fourth-order valence-electron chi connectivity index (χ4n) is 2.87. The van der Waals surface area contributed by atoms with E-state index in [0.717, 1.165) is 17.3 Å². The number of nitrogens with one attached hydrogen (secondary N) is 1. The summed E-state index contributed by atoms with van der Waals surface area (Å²) in [6, 6.07) is 7.02. The van der Waals surface area contributed by atoms with Gasteiger partial charge in [0.15, 0.2) is 0 Å². The summed E-state index contributed by atoms with van der Waals surface area (Å²) in [6.07, 6.45) is 6.68. The molecule has 0 spiro atoms. The lowest BCUT2D eigenvalue weighted by atomic mass is 9.87. The summed E-state index contributed by atoms with van der Waals surface area (Å²) in [4.78, 5) is 4.26. The molecule has 0 bridgehead atoms. The third-order valence-electron chi connectivity index (χ3n) is 3.92. The van der Waals surface area contributed by atoms with Crippen molar-refractivity contribution in [2.45, 2.75) is 45.3 Å². The molecule has 2 aromatic rings. The van der Waals surface area contributed by atoms with Crippen LogP contribution in [0.25, 0.3) is 0 Å². The van der Waals surface area contributed by atoms with Gasteiger partial charge >= 0.3 is 0 Å². The quantitative estimate of drug-likeness (QED) is 0.872. The van der Waals surface area contributed by atoms with Gasteiger partial charge in [-0.2, -0.15) is 0 Å². The molecule has 0 fully saturated rings. The molecule has 0 radical (unpaired) electrons. The molecule has 1 aromatic carbocycles. The average molecular weight is 302 g/mol. The van der Waals surface area contributed by atoms with Gasteiger partial charge in [-0.15, -0.1) is 11.3 Å². The van der Waals surface area contributed by atoms with Crippen molar-refractivity contribution in [3.05, 3.63) is 45.9 Å². The van der Waals surface area contributed by atoms with E-state index in [9.17, 15) is 0 Å². The van der Waals surface area contributed by atoms with Crippen LogP contribution >= 0.6 is 11.3 Å². The molecule has 1 aromatic heterocycles. The minimum atomic E-state index is 0.483. The monoisotopic (exact) mass is 302 g/mol. The second-order valence-electron chi connectivity index (χ2n) is 5.47. The molecular weight excluding hydrogens is 280 g/mol. The highest BCUT2D eigenvalue weighted by atomic mass is 32.1. The molecule has 112 valence electrons. The molecule has 1 aliphatic carbocycles. The van der Waals surface area contributed by atoms with E-state index in [1.807, 2.05) is 11.6 Å². The van der Waals surface area contributed by atoms with Gasteiger partial charge in [0, 0.05) is 17.6 Å². The van der Waals surface area contributed by atoms with Crippen LogP contribution in [0.3, 0.4) is 0 Å². The van der Waals surface area contributed by atoms with Gasteiger partial charge in [-0.3, -0.25) is 0 Å². The first kappa shape index (κ1) is 14.5. The van der Waals surface area contributed by atoms with Crippen LogP contribution in [0.5, 0.6) is 5.75 Å². The highest BCUT2D eigenvalue weighted by molar-refractivity contribution is 7.09. The Morgan fingerprint density at radius 3 is 3.19 bits per heavy atom. The summed E-state index contributed by atoms with van der Waals surface area (Å²) >= 11 is 1.63. The second kappa shape index (κ2) is 7.05. The summed E-state index contributed by atoms with van der Waals surface area (Å²) in [5.74, 6) is 0.953. The van der Waals surface area contributed by atoms with E-state index < -0.39 is 0 Å². The standard InChI is InChI=1S/C17H22N2OS/c1-2-8-18-16-5-3-4-13-6-7-14(11-15(13)16)20-12-17-19-9-10-21-17/h6-7,9-11,16,18H,2-5,8,12H2,1H3. The van der Waals surface area contributed by atoms with Crippen molar-refractivity contribution < 1.29 is 4.74 Å². The Morgan fingerprint density at radius 2 is 2.38 bits per heavy atom. The van der Waals surface area contributed by atoms with Crippen LogP contribution < -0.4 is 10.1 Å². The lowest BCUT2D eigenvalue weighted by Gasteiger charge is -2.27. The van der Waals surface area contributed by atoms with Gasteiger partial charge in [-0.25, -0.2) is 4.98 Å².